The first-order valence-electron chi connectivity index (χ1n) is 19.6. The minimum atomic E-state index is -1.25. The van der Waals surface area contributed by atoms with Crippen LogP contribution in [0.15, 0.2) is 46.2 Å². The van der Waals surface area contributed by atoms with E-state index in [9.17, 15) is 28.7 Å². The third kappa shape index (κ3) is 6.25. The summed E-state index contributed by atoms with van der Waals surface area (Å²) in [4.78, 5) is 49.9. The molecule has 2 spiro atoms. The average Bonchev–Trinajstić information content (AvgIpc) is 3.91. The molecular weight excluding hydrogens is 702 g/mol. The third-order valence-electron chi connectivity index (χ3n) is 13.9. The van der Waals surface area contributed by atoms with E-state index >= 15 is 0 Å². The number of benzene rings is 2. The summed E-state index contributed by atoms with van der Waals surface area (Å²) in [6.45, 7) is 14.8. The van der Waals surface area contributed by atoms with Crippen molar-refractivity contribution in [1.82, 2.24) is 14.5 Å². The van der Waals surface area contributed by atoms with Crippen LogP contribution in [0.2, 0.25) is 0 Å². The highest BCUT2D eigenvalue weighted by Gasteiger charge is 2.60. The van der Waals surface area contributed by atoms with E-state index in [2.05, 4.69) is 31.0 Å². The molecule has 5 N–H and O–H groups in total. The van der Waals surface area contributed by atoms with Crippen LogP contribution in [0.25, 0.3) is 21.8 Å². The fourth-order valence-electron chi connectivity index (χ4n) is 9.40. The Hall–Kier alpha value is -4.55. The van der Waals surface area contributed by atoms with Crippen LogP contribution in [0.1, 0.15) is 116 Å². The number of nitrogens with one attached hydrogen (secondary N) is 1. The molecule has 4 aliphatic carbocycles. The summed E-state index contributed by atoms with van der Waals surface area (Å²) >= 11 is 0. The molecule has 2 aromatic carbocycles. The summed E-state index contributed by atoms with van der Waals surface area (Å²) < 4.78 is 17.4. The van der Waals surface area contributed by atoms with Crippen molar-refractivity contribution in [1.29, 1.82) is 0 Å². The molecule has 2 aliphatic heterocycles. The Balaban J connectivity index is 0.000000131. The van der Waals surface area contributed by atoms with Crippen LogP contribution in [0, 0.1) is 35.9 Å². The highest BCUT2D eigenvalue weighted by Crippen LogP contribution is 2.60. The fourth-order valence-corrected chi connectivity index (χ4v) is 9.40. The lowest BCUT2D eigenvalue weighted by molar-refractivity contribution is 0.0684. The molecule has 292 valence electrons. The van der Waals surface area contributed by atoms with Crippen molar-refractivity contribution < 1.29 is 24.2 Å². The summed E-state index contributed by atoms with van der Waals surface area (Å²) in [5.41, 5.74) is 10.5. The predicted octanol–water partition coefficient (Wildman–Crippen LogP) is 6.54. The van der Waals surface area contributed by atoms with E-state index in [0.29, 0.717) is 21.9 Å². The first-order valence-corrected chi connectivity index (χ1v) is 19.6. The van der Waals surface area contributed by atoms with Gasteiger partial charge in [0.2, 0.25) is 10.9 Å². The first kappa shape index (κ1) is 37.4. The number of anilines is 1. The number of aromatic carboxylic acids is 2. The normalized spacial score (nSPS) is 23.7. The molecule has 6 aliphatic rings. The number of carboxylic acids is 2. The van der Waals surface area contributed by atoms with Gasteiger partial charge in [-0.05, 0) is 113 Å². The van der Waals surface area contributed by atoms with E-state index < -0.39 is 22.8 Å². The molecule has 12 heteroatoms. The number of pyridine rings is 2. The van der Waals surface area contributed by atoms with Gasteiger partial charge >= 0.3 is 11.9 Å². The van der Waals surface area contributed by atoms with E-state index in [1.807, 2.05) is 17.6 Å². The molecule has 0 bridgehead atoms. The van der Waals surface area contributed by atoms with Gasteiger partial charge < -0.3 is 35.3 Å². The Morgan fingerprint density at radius 1 is 0.745 bits per heavy atom. The second-order valence-electron chi connectivity index (χ2n) is 18.1. The van der Waals surface area contributed by atoms with Crippen LogP contribution in [0.4, 0.5) is 10.1 Å². The second kappa shape index (κ2) is 12.7. The van der Waals surface area contributed by atoms with Gasteiger partial charge in [0, 0.05) is 83.6 Å². The molecule has 4 aromatic rings. The SMILES string of the molecule is CC1(C)CNCC12CC2.Cc1c(F)ccc2c(=O)c(C(=O)O)cn(C3CC3)c12.Cc1c(N2CC3(CC3)[C@](C)(N)C2)ccc2c(=O)c(C(=O)O)cn(C3CC3)c12. The van der Waals surface area contributed by atoms with Gasteiger partial charge in [-0.2, -0.15) is 0 Å². The zero-order valence-corrected chi connectivity index (χ0v) is 32.4. The molecule has 55 heavy (non-hydrogen) atoms. The molecule has 2 saturated heterocycles. The number of halogens is 1. The van der Waals surface area contributed by atoms with Gasteiger partial charge in [0.05, 0.1) is 11.0 Å². The number of hydrogen-bond donors (Lipinski definition) is 4. The Bertz CT molecular complexity index is 2390. The minimum Gasteiger partial charge on any atom is -0.477 e. The van der Waals surface area contributed by atoms with Crippen molar-refractivity contribution in [3.63, 3.8) is 0 Å². The van der Waals surface area contributed by atoms with Crippen molar-refractivity contribution in [2.45, 2.75) is 104 Å². The first-order chi connectivity index (χ1) is 25.9. The van der Waals surface area contributed by atoms with Crippen LogP contribution >= 0.6 is 0 Å². The standard InChI is InChI=1S/C21H25N3O3.C14H12FNO3.C8H15N/c1-12-16(23-10-20(2,22)21(11-23)7-8-21)6-5-14-17(12)24(13-3-4-13)9-15(18(14)25)19(26)27;1-7-11(15)5-4-9-12(7)16(8-2-3-8)6-10(13(9)17)14(18)19;1-7(2)5-9-6-8(7)3-4-8/h5-6,9,13H,3-4,7-8,10-11,22H2,1-2H3,(H,26,27);4-6,8H,2-3H2,1H3,(H,18,19);9H,3-6H2,1-2H3/t20-;;/m1../s1. The van der Waals surface area contributed by atoms with Crippen molar-refractivity contribution in [2.75, 3.05) is 31.1 Å². The molecule has 4 heterocycles. The van der Waals surface area contributed by atoms with Crippen LogP contribution in [0.5, 0.6) is 0 Å². The lowest BCUT2D eigenvalue weighted by Gasteiger charge is -2.25. The van der Waals surface area contributed by atoms with Crippen molar-refractivity contribution in [3.05, 3.63) is 85.2 Å². The molecule has 1 atom stereocenters. The third-order valence-corrected chi connectivity index (χ3v) is 13.9. The zero-order valence-electron chi connectivity index (χ0n) is 32.4. The Morgan fingerprint density at radius 2 is 1.24 bits per heavy atom. The van der Waals surface area contributed by atoms with Gasteiger partial charge in [-0.15, -0.1) is 0 Å². The molecule has 0 unspecified atom stereocenters. The number of hydrogen-bond acceptors (Lipinski definition) is 7. The number of nitrogens with zero attached hydrogens (tertiary/aromatic N) is 3. The van der Waals surface area contributed by atoms with Gasteiger partial charge in [0.15, 0.2) is 0 Å². The zero-order chi connectivity index (χ0) is 39.4. The van der Waals surface area contributed by atoms with Gasteiger partial charge in [0.1, 0.15) is 16.9 Å². The Labute approximate surface area is 319 Å². The summed E-state index contributed by atoms with van der Waals surface area (Å²) in [7, 11) is 0. The summed E-state index contributed by atoms with van der Waals surface area (Å²) in [6.07, 6.45) is 12.1. The highest BCUT2D eigenvalue weighted by atomic mass is 19.1. The van der Waals surface area contributed by atoms with Crippen molar-refractivity contribution >= 4 is 39.4 Å². The van der Waals surface area contributed by atoms with Gasteiger partial charge in [-0.3, -0.25) is 9.59 Å². The molecule has 11 nitrogen and oxygen atoms in total. The van der Waals surface area contributed by atoms with Crippen LogP contribution in [-0.2, 0) is 0 Å². The lowest BCUT2D eigenvalue weighted by atomic mass is 9.79. The smallest absolute Gasteiger partial charge is 0.341 e. The van der Waals surface area contributed by atoms with E-state index in [0.717, 1.165) is 61.0 Å². The van der Waals surface area contributed by atoms with Crippen LogP contribution in [0.3, 0.4) is 0 Å². The monoisotopic (exact) mass is 753 g/mol. The average molecular weight is 754 g/mol. The molecule has 6 fully saturated rings. The number of rotatable bonds is 5. The number of carboxylic acid groups (broad SMARTS) is 2. The molecule has 0 amide bonds. The van der Waals surface area contributed by atoms with Gasteiger partial charge in [-0.25, -0.2) is 14.0 Å². The molecule has 0 radical (unpaired) electrons. The van der Waals surface area contributed by atoms with E-state index in [1.54, 1.807) is 23.8 Å². The highest BCUT2D eigenvalue weighted by molar-refractivity contribution is 5.95. The minimum absolute atomic E-state index is 0.144. The van der Waals surface area contributed by atoms with E-state index in [1.165, 1.54) is 57.1 Å². The summed E-state index contributed by atoms with van der Waals surface area (Å²) in [5, 5.41) is 22.8. The number of carbonyl (C=O) groups is 2. The van der Waals surface area contributed by atoms with Crippen LogP contribution < -0.4 is 26.8 Å². The van der Waals surface area contributed by atoms with E-state index in [-0.39, 0.29) is 45.4 Å². The van der Waals surface area contributed by atoms with Gasteiger partial charge in [0.25, 0.3) is 0 Å². The fraction of sp³-hybridized carbons (Fsp3) is 0.535. The topological polar surface area (TPSA) is 160 Å². The maximum Gasteiger partial charge on any atom is 0.341 e. The molecular formula is C43H52FN5O6. The largest absolute Gasteiger partial charge is 0.477 e. The van der Waals surface area contributed by atoms with Gasteiger partial charge in [-0.1, -0.05) is 13.8 Å². The number of aryl methyl sites for hydroxylation is 2. The van der Waals surface area contributed by atoms with Crippen molar-refractivity contribution in [2.24, 2.45) is 22.0 Å². The van der Waals surface area contributed by atoms with Crippen LogP contribution in [-0.4, -0.2) is 63.0 Å². The summed E-state index contributed by atoms with van der Waals surface area (Å²) in [6, 6.07) is 6.80. The van der Waals surface area contributed by atoms with E-state index in [4.69, 9.17) is 10.8 Å². The second-order valence-corrected chi connectivity index (χ2v) is 18.1. The quantitative estimate of drug-likeness (QED) is 0.178. The lowest BCUT2D eigenvalue weighted by Crippen LogP contribution is -2.45. The number of aromatic nitrogens is 2. The molecule has 2 aromatic heterocycles. The maximum absolute atomic E-state index is 13.7. The number of nitrogens with two attached hydrogens (primary N) is 1. The molecule has 10 rings (SSSR count). The predicted molar refractivity (Wildman–Crippen MR) is 211 cm³/mol. The Morgan fingerprint density at radius 3 is 1.64 bits per heavy atom. The Kier molecular flexibility index (Phi) is 8.66. The summed E-state index contributed by atoms with van der Waals surface area (Å²) in [5.74, 6) is -2.79. The number of fused-ring (bicyclic) bond motifs is 2. The molecule has 4 saturated carbocycles. The van der Waals surface area contributed by atoms with Crippen molar-refractivity contribution in [3.8, 4) is 0 Å². The maximum atomic E-state index is 13.7.